The summed E-state index contributed by atoms with van der Waals surface area (Å²) >= 11 is 0. The smallest absolute Gasteiger partial charge is 0.414 e. The van der Waals surface area contributed by atoms with E-state index in [-0.39, 0.29) is 11.8 Å². The molecule has 1 aliphatic heterocycles. The van der Waals surface area contributed by atoms with E-state index in [4.69, 9.17) is 4.74 Å². The van der Waals surface area contributed by atoms with E-state index in [2.05, 4.69) is 0 Å². The molecule has 1 amide bonds. The van der Waals surface area contributed by atoms with Crippen LogP contribution in [0.15, 0.2) is 30.5 Å². The van der Waals surface area contributed by atoms with E-state index in [1.165, 1.54) is 17.0 Å². The third-order valence-electron chi connectivity index (χ3n) is 3.01. The molecule has 1 heterocycles. The maximum Gasteiger partial charge on any atom is 0.414 e. The molecular formula is C15H18N2O4. The van der Waals surface area contributed by atoms with Crippen LogP contribution in [0.4, 0.5) is 10.5 Å². The first-order chi connectivity index (χ1) is 9.76. The fraction of sp³-hybridized carbons (Fsp3) is 0.400. The van der Waals surface area contributed by atoms with Crippen molar-refractivity contribution in [3.05, 3.63) is 46.1 Å². The molecule has 0 saturated carbocycles. The minimum atomic E-state index is -0.527. The first-order valence-electron chi connectivity index (χ1n) is 6.71. The van der Waals surface area contributed by atoms with E-state index in [0.29, 0.717) is 13.0 Å². The van der Waals surface area contributed by atoms with Crippen LogP contribution in [0.1, 0.15) is 32.8 Å². The van der Waals surface area contributed by atoms with Crippen molar-refractivity contribution in [3.63, 3.8) is 0 Å². The Morgan fingerprint density at radius 3 is 2.43 bits per heavy atom. The quantitative estimate of drug-likeness (QED) is 0.616. The van der Waals surface area contributed by atoms with Crippen molar-refractivity contribution in [1.29, 1.82) is 0 Å². The molecule has 0 spiro atoms. The third kappa shape index (κ3) is 3.81. The van der Waals surface area contributed by atoms with E-state index in [1.807, 2.05) is 20.8 Å². The van der Waals surface area contributed by atoms with Gasteiger partial charge in [0.2, 0.25) is 0 Å². The van der Waals surface area contributed by atoms with Crippen LogP contribution in [0.2, 0.25) is 0 Å². The highest BCUT2D eigenvalue weighted by atomic mass is 16.6. The molecule has 0 radical (unpaired) electrons. The van der Waals surface area contributed by atoms with Crippen molar-refractivity contribution in [2.45, 2.75) is 32.8 Å². The number of carbonyl (C=O) groups is 1. The van der Waals surface area contributed by atoms with Crippen LogP contribution in [-0.4, -0.2) is 28.1 Å². The maximum atomic E-state index is 12.0. The number of rotatable bonds is 2. The summed E-state index contributed by atoms with van der Waals surface area (Å²) in [6.45, 7) is 6.02. The summed E-state index contributed by atoms with van der Waals surface area (Å²) in [4.78, 5) is 23.7. The van der Waals surface area contributed by atoms with Gasteiger partial charge in [-0.15, -0.1) is 0 Å². The van der Waals surface area contributed by atoms with E-state index >= 15 is 0 Å². The van der Waals surface area contributed by atoms with Crippen molar-refractivity contribution in [2.75, 3.05) is 6.54 Å². The molecule has 0 unspecified atom stereocenters. The second kappa shape index (κ2) is 5.55. The van der Waals surface area contributed by atoms with Crippen molar-refractivity contribution >= 4 is 17.4 Å². The zero-order valence-corrected chi connectivity index (χ0v) is 12.3. The summed E-state index contributed by atoms with van der Waals surface area (Å²) < 4.78 is 5.31. The fourth-order valence-electron chi connectivity index (χ4n) is 2.04. The van der Waals surface area contributed by atoms with E-state index in [9.17, 15) is 14.9 Å². The number of nitrogens with zero attached hydrogens (tertiary/aromatic N) is 2. The molecule has 2 rings (SSSR count). The number of hydrogen-bond acceptors (Lipinski definition) is 4. The van der Waals surface area contributed by atoms with Gasteiger partial charge in [-0.3, -0.25) is 15.0 Å². The van der Waals surface area contributed by atoms with E-state index in [1.54, 1.807) is 18.3 Å². The summed E-state index contributed by atoms with van der Waals surface area (Å²) in [6.07, 6.45) is 2.08. The number of benzene rings is 1. The molecule has 0 atom stereocenters. The molecule has 0 aliphatic carbocycles. The van der Waals surface area contributed by atoms with Gasteiger partial charge in [0.25, 0.3) is 5.69 Å². The van der Waals surface area contributed by atoms with Crippen molar-refractivity contribution in [1.82, 2.24) is 4.90 Å². The van der Waals surface area contributed by atoms with Gasteiger partial charge in [0.05, 0.1) is 4.92 Å². The van der Waals surface area contributed by atoms with Gasteiger partial charge in [0.1, 0.15) is 5.60 Å². The van der Waals surface area contributed by atoms with Crippen LogP contribution in [-0.2, 0) is 4.74 Å². The average Bonchev–Trinajstić information content (AvgIpc) is 2.86. The number of nitro groups is 1. The number of non-ortho nitro benzene ring substituents is 1. The second-order valence-electron chi connectivity index (χ2n) is 5.88. The van der Waals surface area contributed by atoms with Gasteiger partial charge in [-0.1, -0.05) is 0 Å². The number of amides is 1. The zero-order valence-electron chi connectivity index (χ0n) is 12.3. The molecule has 0 N–H and O–H groups in total. The highest BCUT2D eigenvalue weighted by Gasteiger charge is 2.25. The van der Waals surface area contributed by atoms with Gasteiger partial charge in [0, 0.05) is 24.9 Å². The topological polar surface area (TPSA) is 72.7 Å². The van der Waals surface area contributed by atoms with Crippen LogP contribution in [0.5, 0.6) is 0 Å². The normalized spacial score (nSPS) is 14.8. The molecule has 0 fully saturated rings. The lowest BCUT2D eigenvalue weighted by atomic mass is 10.1. The molecule has 6 nitrogen and oxygen atoms in total. The van der Waals surface area contributed by atoms with Crippen LogP contribution in [0.25, 0.3) is 5.57 Å². The standard InChI is InChI=1S/C15H18N2O4/c1-15(2,3)21-14(18)16-9-8-12(10-16)11-4-6-13(7-5-11)17(19)20/h4-7,10H,8-9H2,1-3H3. The van der Waals surface area contributed by atoms with Crippen molar-refractivity contribution in [2.24, 2.45) is 0 Å². The van der Waals surface area contributed by atoms with Gasteiger partial charge < -0.3 is 4.74 Å². The molecule has 0 aromatic heterocycles. The first kappa shape index (κ1) is 15.0. The minimum Gasteiger partial charge on any atom is -0.443 e. The summed E-state index contributed by atoms with van der Waals surface area (Å²) in [5.74, 6) is 0. The molecule has 112 valence electrons. The van der Waals surface area contributed by atoms with Crippen LogP contribution < -0.4 is 0 Å². The molecule has 1 aliphatic rings. The highest BCUT2D eigenvalue weighted by molar-refractivity contribution is 5.77. The maximum absolute atomic E-state index is 12.0. The Hall–Kier alpha value is -2.37. The Balaban J connectivity index is 2.10. The Labute approximate surface area is 123 Å². The highest BCUT2D eigenvalue weighted by Crippen LogP contribution is 2.27. The van der Waals surface area contributed by atoms with Crippen LogP contribution >= 0.6 is 0 Å². The SMILES string of the molecule is CC(C)(C)OC(=O)N1C=C(c2ccc([N+](=O)[O-])cc2)CC1. The predicted octanol–water partition coefficient (Wildman–Crippen LogP) is 3.58. The van der Waals surface area contributed by atoms with Gasteiger partial charge in [-0.2, -0.15) is 0 Å². The zero-order chi connectivity index (χ0) is 15.6. The van der Waals surface area contributed by atoms with Gasteiger partial charge in [-0.05, 0) is 50.5 Å². The number of ether oxygens (including phenoxy) is 1. The van der Waals surface area contributed by atoms with E-state index in [0.717, 1.165) is 11.1 Å². The van der Waals surface area contributed by atoms with Crippen LogP contribution in [0, 0.1) is 10.1 Å². The largest absolute Gasteiger partial charge is 0.443 e. The van der Waals surface area contributed by atoms with Gasteiger partial charge >= 0.3 is 6.09 Å². The second-order valence-corrected chi connectivity index (χ2v) is 5.88. The van der Waals surface area contributed by atoms with Crippen molar-refractivity contribution < 1.29 is 14.5 Å². The minimum absolute atomic E-state index is 0.0568. The lowest BCUT2D eigenvalue weighted by Crippen LogP contribution is -2.32. The summed E-state index contributed by atoms with van der Waals surface area (Å²) in [5.41, 5.74) is 1.38. The average molecular weight is 290 g/mol. The van der Waals surface area contributed by atoms with Gasteiger partial charge in [-0.25, -0.2) is 4.79 Å². The molecule has 1 aromatic rings. The number of carbonyl (C=O) groups excluding carboxylic acids is 1. The monoisotopic (exact) mass is 290 g/mol. The van der Waals surface area contributed by atoms with Gasteiger partial charge in [0.15, 0.2) is 0 Å². The molecule has 1 aromatic carbocycles. The Kier molecular flexibility index (Phi) is 3.97. The summed E-state index contributed by atoms with van der Waals surface area (Å²) in [7, 11) is 0. The van der Waals surface area contributed by atoms with Crippen LogP contribution in [0.3, 0.4) is 0 Å². The Morgan fingerprint density at radius 2 is 1.90 bits per heavy atom. The first-order valence-corrected chi connectivity index (χ1v) is 6.71. The predicted molar refractivity (Wildman–Crippen MR) is 78.6 cm³/mol. The van der Waals surface area contributed by atoms with E-state index < -0.39 is 10.5 Å². The molecule has 6 heteroatoms. The lowest BCUT2D eigenvalue weighted by Gasteiger charge is -2.23. The molecule has 21 heavy (non-hydrogen) atoms. The van der Waals surface area contributed by atoms with Crippen molar-refractivity contribution in [3.8, 4) is 0 Å². The third-order valence-corrected chi connectivity index (χ3v) is 3.01. The summed E-state index contributed by atoms with van der Waals surface area (Å²) in [6, 6.07) is 6.32. The molecular weight excluding hydrogens is 272 g/mol. The summed E-state index contributed by atoms with van der Waals surface area (Å²) in [5, 5.41) is 10.6. The Morgan fingerprint density at radius 1 is 1.29 bits per heavy atom. The molecule has 0 bridgehead atoms. The number of hydrogen-bond donors (Lipinski definition) is 0. The fourth-order valence-corrected chi connectivity index (χ4v) is 2.04. The Bertz CT molecular complexity index is 585. The lowest BCUT2D eigenvalue weighted by molar-refractivity contribution is -0.384. The molecule has 0 saturated heterocycles. The number of nitro benzene ring substituents is 1.